The third kappa shape index (κ3) is 2.72. The Labute approximate surface area is 147 Å². The maximum Gasteiger partial charge on any atom is 0.341 e. The summed E-state index contributed by atoms with van der Waals surface area (Å²) in [6.07, 6.45) is 0.219. The highest BCUT2D eigenvalue weighted by Gasteiger charge is 2.40. The maximum atomic E-state index is 14.7. The number of carboxylic acid groups (broad SMARTS) is 1. The van der Waals surface area contributed by atoms with Gasteiger partial charge in [0.05, 0.1) is 11.4 Å². The van der Waals surface area contributed by atoms with Crippen LogP contribution in [-0.2, 0) is 0 Å². The zero-order valence-electron chi connectivity index (χ0n) is 14.2. The molecule has 2 aromatic rings. The van der Waals surface area contributed by atoms with Crippen LogP contribution >= 0.6 is 0 Å². The lowest BCUT2D eigenvalue weighted by atomic mass is 10.1. The number of alkyl halides is 1. The lowest BCUT2D eigenvalue weighted by Crippen LogP contribution is -2.45. The Morgan fingerprint density at radius 2 is 1.96 bits per heavy atom. The van der Waals surface area contributed by atoms with Crippen LogP contribution < -0.4 is 10.3 Å². The molecule has 4 rings (SSSR count). The van der Waals surface area contributed by atoms with Gasteiger partial charge in [-0.1, -0.05) is 0 Å². The van der Waals surface area contributed by atoms with Crippen molar-refractivity contribution in [1.82, 2.24) is 14.5 Å². The molecule has 3 heterocycles. The van der Waals surface area contributed by atoms with Crippen molar-refractivity contribution in [2.75, 3.05) is 38.1 Å². The van der Waals surface area contributed by atoms with E-state index in [1.165, 1.54) is 4.57 Å². The largest absolute Gasteiger partial charge is 0.477 e. The minimum Gasteiger partial charge on any atom is -0.477 e. The number of halogens is 2. The molecule has 1 saturated heterocycles. The minimum atomic E-state index is -1.43. The van der Waals surface area contributed by atoms with E-state index in [0.717, 1.165) is 25.4 Å². The van der Waals surface area contributed by atoms with Crippen molar-refractivity contribution in [3.8, 4) is 0 Å². The van der Waals surface area contributed by atoms with Crippen LogP contribution in [0.15, 0.2) is 17.1 Å². The van der Waals surface area contributed by atoms with Crippen molar-refractivity contribution in [2.24, 2.45) is 0 Å². The molecular weight excluding hydrogens is 346 g/mol. The molecule has 0 radical (unpaired) electrons. The Morgan fingerprint density at radius 1 is 1.31 bits per heavy atom. The van der Waals surface area contributed by atoms with Gasteiger partial charge in [0.25, 0.3) is 0 Å². The van der Waals surface area contributed by atoms with Gasteiger partial charge in [-0.2, -0.15) is 0 Å². The zero-order chi connectivity index (χ0) is 18.6. The predicted molar refractivity (Wildman–Crippen MR) is 91.2 cm³/mol. The average molecular weight is 364 g/mol. The molecular formula is C17H18F2N4O3. The molecule has 2 aromatic heterocycles. The van der Waals surface area contributed by atoms with Crippen LogP contribution in [0.1, 0.15) is 22.8 Å². The van der Waals surface area contributed by atoms with E-state index in [4.69, 9.17) is 0 Å². The topological polar surface area (TPSA) is 78.7 Å². The van der Waals surface area contributed by atoms with Crippen LogP contribution in [0.25, 0.3) is 11.0 Å². The fourth-order valence-corrected chi connectivity index (χ4v) is 3.32. The van der Waals surface area contributed by atoms with Gasteiger partial charge in [0.15, 0.2) is 11.6 Å². The quantitative estimate of drug-likeness (QED) is 0.884. The highest BCUT2D eigenvalue weighted by molar-refractivity contribution is 5.92. The SMILES string of the molecule is CN1CCN(c2nc3c(cc2F)c(=O)c(C(=O)O)cn3[C@H]2C[C@@H]2F)CC1. The molecule has 1 aliphatic carbocycles. The van der Waals surface area contributed by atoms with Crippen molar-refractivity contribution in [2.45, 2.75) is 18.6 Å². The lowest BCUT2D eigenvalue weighted by Gasteiger charge is -2.33. The molecule has 1 aliphatic heterocycles. The van der Waals surface area contributed by atoms with Gasteiger partial charge in [0.2, 0.25) is 5.43 Å². The molecule has 2 aliphatic rings. The number of piperazine rings is 1. The van der Waals surface area contributed by atoms with Gasteiger partial charge in [0.1, 0.15) is 17.4 Å². The summed E-state index contributed by atoms with van der Waals surface area (Å²) in [6.45, 7) is 2.66. The first kappa shape index (κ1) is 16.9. The number of aromatic nitrogens is 2. The zero-order valence-corrected chi connectivity index (χ0v) is 14.2. The number of fused-ring (bicyclic) bond motifs is 1. The Balaban J connectivity index is 1.90. The first-order chi connectivity index (χ1) is 12.4. The smallest absolute Gasteiger partial charge is 0.341 e. The van der Waals surface area contributed by atoms with E-state index >= 15 is 0 Å². The molecule has 138 valence electrons. The van der Waals surface area contributed by atoms with Crippen LogP contribution in [0.2, 0.25) is 0 Å². The Bertz CT molecular complexity index is 953. The van der Waals surface area contributed by atoms with E-state index in [-0.39, 0.29) is 23.3 Å². The highest BCUT2D eigenvalue weighted by Crippen LogP contribution is 2.40. The molecule has 9 heteroatoms. The number of aromatic carboxylic acids is 1. The van der Waals surface area contributed by atoms with Crippen LogP contribution in [-0.4, -0.2) is 64.9 Å². The van der Waals surface area contributed by atoms with E-state index in [0.29, 0.717) is 13.1 Å². The van der Waals surface area contributed by atoms with E-state index < -0.39 is 35.0 Å². The number of nitrogens with zero attached hydrogens (tertiary/aromatic N) is 4. The van der Waals surface area contributed by atoms with Gasteiger partial charge in [-0.3, -0.25) is 4.79 Å². The van der Waals surface area contributed by atoms with Crippen LogP contribution in [0, 0.1) is 5.82 Å². The molecule has 0 unspecified atom stereocenters. The standard InChI is InChI=1S/C17H18F2N4O3/c1-21-2-4-22(5-3-21)16-12(19)6-9-14(24)10(17(25)26)8-23(15(9)20-16)13-7-11(13)18/h6,8,11,13H,2-5,7H2,1H3,(H,25,26)/t11-,13-/m0/s1. The third-order valence-electron chi connectivity index (χ3n) is 5.01. The third-order valence-corrected chi connectivity index (χ3v) is 5.01. The number of anilines is 1. The summed E-state index contributed by atoms with van der Waals surface area (Å²) >= 11 is 0. The Kier molecular flexibility index (Phi) is 3.91. The number of carbonyl (C=O) groups is 1. The van der Waals surface area contributed by atoms with Gasteiger partial charge >= 0.3 is 5.97 Å². The first-order valence-electron chi connectivity index (χ1n) is 8.43. The van der Waals surface area contributed by atoms with E-state index in [1.54, 1.807) is 4.90 Å². The van der Waals surface area contributed by atoms with Crippen molar-refractivity contribution in [3.05, 3.63) is 33.9 Å². The van der Waals surface area contributed by atoms with Crippen molar-refractivity contribution in [3.63, 3.8) is 0 Å². The van der Waals surface area contributed by atoms with Gasteiger partial charge in [-0.25, -0.2) is 18.6 Å². The number of hydrogen-bond acceptors (Lipinski definition) is 5. The maximum absolute atomic E-state index is 14.7. The summed E-state index contributed by atoms with van der Waals surface area (Å²) in [6, 6.07) is 0.450. The second-order valence-corrected chi connectivity index (χ2v) is 6.86. The second kappa shape index (κ2) is 6.01. The Morgan fingerprint density at radius 3 is 2.54 bits per heavy atom. The monoisotopic (exact) mass is 364 g/mol. The summed E-state index contributed by atoms with van der Waals surface area (Å²) in [4.78, 5) is 32.0. The lowest BCUT2D eigenvalue weighted by molar-refractivity contribution is 0.0694. The normalized spacial score (nSPS) is 23.4. The fourth-order valence-electron chi connectivity index (χ4n) is 3.32. The number of likely N-dealkylation sites (N-methyl/N-ethyl adjacent to an activating group) is 1. The van der Waals surface area contributed by atoms with Crippen molar-refractivity contribution in [1.29, 1.82) is 0 Å². The highest BCUT2D eigenvalue weighted by atomic mass is 19.1. The van der Waals surface area contributed by atoms with E-state index in [2.05, 4.69) is 9.88 Å². The molecule has 26 heavy (non-hydrogen) atoms. The number of hydrogen-bond donors (Lipinski definition) is 1. The summed E-state index contributed by atoms with van der Waals surface area (Å²) in [5.41, 5.74) is -1.19. The predicted octanol–water partition coefficient (Wildman–Crippen LogP) is 1.27. The molecule has 0 spiro atoms. The molecule has 2 fully saturated rings. The summed E-state index contributed by atoms with van der Waals surface area (Å²) < 4.78 is 29.7. The van der Waals surface area contributed by atoms with Gasteiger partial charge in [-0.05, 0) is 13.1 Å². The van der Waals surface area contributed by atoms with Crippen LogP contribution in [0.5, 0.6) is 0 Å². The number of carboxylic acids is 1. The van der Waals surface area contributed by atoms with Crippen LogP contribution in [0.4, 0.5) is 14.6 Å². The second-order valence-electron chi connectivity index (χ2n) is 6.86. The van der Waals surface area contributed by atoms with Gasteiger partial charge in [0, 0.05) is 38.8 Å². The fraction of sp³-hybridized carbons (Fsp3) is 0.471. The molecule has 0 bridgehead atoms. The summed E-state index contributed by atoms with van der Waals surface area (Å²) in [5, 5.41) is 9.10. The van der Waals surface area contributed by atoms with Gasteiger partial charge < -0.3 is 19.5 Å². The molecule has 1 N–H and O–H groups in total. The minimum absolute atomic E-state index is 0.109. The summed E-state index contributed by atoms with van der Waals surface area (Å²) in [5.74, 6) is -2.00. The molecule has 0 aromatic carbocycles. The Hall–Kier alpha value is -2.55. The number of pyridine rings is 2. The first-order valence-corrected chi connectivity index (χ1v) is 8.43. The average Bonchev–Trinajstić information content (AvgIpc) is 3.32. The van der Waals surface area contributed by atoms with E-state index in [1.807, 2.05) is 7.05 Å². The van der Waals surface area contributed by atoms with Crippen molar-refractivity contribution < 1.29 is 18.7 Å². The van der Waals surface area contributed by atoms with Crippen molar-refractivity contribution >= 4 is 22.8 Å². The molecule has 7 nitrogen and oxygen atoms in total. The number of rotatable bonds is 3. The molecule has 1 saturated carbocycles. The summed E-state index contributed by atoms with van der Waals surface area (Å²) in [7, 11) is 1.97. The van der Waals surface area contributed by atoms with Gasteiger partial charge in [-0.15, -0.1) is 0 Å². The molecule has 0 amide bonds. The molecule has 2 atom stereocenters. The van der Waals surface area contributed by atoms with E-state index in [9.17, 15) is 23.5 Å². The van der Waals surface area contributed by atoms with Crippen LogP contribution in [0.3, 0.4) is 0 Å².